The van der Waals surface area contributed by atoms with Crippen LogP contribution in [0.25, 0.3) is 11.3 Å². The van der Waals surface area contributed by atoms with Crippen LogP contribution in [0.15, 0.2) is 77.6 Å². The lowest BCUT2D eigenvalue weighted by Gasteiger charge is -2.33. The Morgan fingerprint density at radius 1 is 1.00 bits per heavy atom. The van der Waals surface area contributed by atoms with Gasteiger partial charge in [0.2, 0.25) is 0 Å². The third-order valence-corrected chi connectivity index (χ3v) is 6.72. The van der Waals surface area contributed by atoms with Crippen molar-refractivity contribution in [1.82, 2.24) is 25.4 Å². The van der Waals surface area contributed by atoms with E-state index in [2.05, 4.69) is 20.7 Å². The molecule has 0 aliphatic carbocycles. The summed E-state index contributed by atoms with van der Waals surface area (Å²) in [6.07, 6.45) is 1.28. The average Bonchev–Trinajstić information content (AvgIpc) is 3.61. The number of halogens is 3. The number of hydrogen-bond donors (Lipinski definition) is 1. The van der Waals surface area contributed by atoms with E-state index in [-0.39, 0.29) is 30.3 Å². The molecule has 2 heterocycles. The van der Waals surface area contributed by atoms with Crippen molar-refractivity contribution in [3.63, 3.8) is 0 Å². The molecule has 0 unspecified atom stereocenters. The number of tetrazole rings is 1. The lowest BCUT2D eigenvalue weighted by Crippen LogP contribution is -2.38. The first-order chi connectivity index (χ1) is 18.7. The second-order valence-corrected chi connectivity index (χ2v) is 9.28. The average molecular weight is 536 g/mol. The fourth-order valence-electron chi connectivity index (χ4n) is 4.34. The van der Waals surface area contributed by atoms with E-state index in [9.17, 15) is 18.3 Å². The molecule has 2 atom stereocenters. The highest BCUT2D eigenvalue weighted by atomic mass is 19.1. The van der Waals surface area contributed by atoms with E-state index in [1.54, 1.807) is 43.3 Å². The summed E-state index contributed by atoms with van der Waals surface area (Å²) in [4.78, 5) is 0. The predicted octanol–water partition coefficient (Wildman–Crippen LogP) is 5.32. The van der Waals surface area contributed by atoms with Crippen LogP contribution in [0.2, 0.25) is 0 Å². The highest BCUT2D eigenvalue weighted by Gasteiger charge is 2.42. The molecule has 8 nitrogen and oxygen atoms in total. The van der Waals surface area contributed by atoms with Gasteiger partial charge in [-0.25, -0.2) is 17.9 Å². The number of aliphatic hydroxyl groups is 1. The third-order valence-electron chi connectivity index (χ3n) is 6.72. The number of aromatic nitrogens is 5. The minimum Gasteiger partial charge on any atom is -0.489 e. The van der Waals surface area contributed by atoms with Gasteiger partial charge >= 0.3 is 0 Å². The van der Waals surface area contributed by atoms with Crippen LogP contribution in [-0.4, -0.2) is 30.5 Å². The summed E-state index contributed by atoms with van der Waals surface area (Å²) in [5, 5.41) is 26.8. The molecule has 0 aliphatic heterocycles. The molecule has 5 rings (SSSR count). The third kappa shape index (κ3) is 5.53. The second kappa shape index (κ2) is 10.7. The molecule has 0 fully saturated rings. The molecule has 0 amide bonds. The lowest BCUT2D eigenvalue weighted by atomic mass is 9.80. The van der Waals surface area contributed by atoms with Crippen molar-refractivity contribution >= 4 is 0 Å². The molecule has 1 N–H and O–H groups in total. The van der Waals surface area contributed by atoms with E-state index in [1.165, 1.54) is 29.2 Å². The zero-order valence-corrected chi connectivity index (χ0v) is 21.1. The molecule has 200 valence electrons. The number of rotatable bonds is 9. The van der Waals surface area contributed by atoms with Crippen LogP contribution in [0.1, 0.15) is 35.3 Å². The van der Waals surface area contributed by atoms with Crippen LogP contribution in [0.4, 0.5) is 13.2 Å². The maximum absolute atomic E-state index is 14.8. The van der Waals surface area contributed by atoms with Crippen molar-refractivity contribution in [3.8, 4) is 17.0 Å². The van der Waals surface area contributed by atoms with Gasteiger partial charge in [-0.15, -0.1) is 5.10 Å². The number of ether oxygens (including phenoxy) is 1. The van der Waals surface area contributed by atoms with Crippen LogP contribution < -0.4 is 4.74 Å². The number of benzene rings is 3. The molecule has 3 aromatic carbocycles. The SMILES string of the molecule is Cc1ccc(F)cc1COc1ccc(-c2cc([C@H](C)[C@](O)(Cn3cnnn3)c3ccc(F)cc3F)on2)cc1. The highest BCUT2D eigenvalue weighted by Crippen LogP contribution is 2.40. The van der Waals surface area contributed by atoms with Crippen LogP contribution in [0.3, 0.4) is 0 Å². The van der Waals surface area contributed by atoms with Gasteiger partial charge in [-0.2, -0.15) is 0 Å². The summed E-state index contributed by atoms with van der Waals surface area (Å²) in [5.41, 5.74) is 0.826. The Labute approximate surface area is 221 Å². The normalized spacial score (nSPS) is 13.7. The smallest absolute Gasteiger partial charge is 0.143 e. The topological polar surface area (TPSA) is 99.1 Å². The van der Waals surface area contributed by atoms with Gasteiger partial charge in [0.05, 0.1) is 12.5 Å². The quantitative estimate of drug-likeness (QED) is 0.273. The fourth-order valence-corrected chi connectivity index (χ4v) is 4.34. The lowest BCUT2D eigenvalue weighted by molar-refractivity contribution is -0.0185. The maximum Gasteiger partial charge on any atom is 0.143 e. The molecular weight excluding hydrogens is 511 g/mol. The molecule has 0 saturated heterocycles. The summed E-state index contributed by atoms with van der Waals surface area (Å²) in [6, 6.07) is 16.2. The molecule has 0 aliphatic rings. The van der Waals surface area contributed by atoms with Gasteiger partial charge in [0.15, 0.2) is 0 Å². The summed E-state index contributed by atoms with van der Waals surface area (Å²) >= 11 is 0. The highest BCUT2D eigenvalue weighted by molar-refractivity contribution is 5.60. The Morgan fingerprint density at radius 3 is 2.46 bits per heavy atom. The van der Waals surface area contributed by atoms with Crippen LogP contribution in [0.5, 0.6) is 5.75 Å². The minimum atomic E-state index is -1.91. The molecule has 0 bridgehead atoms. The molecule has 0 saturated carbocycles. The summed E-state index contributed by atoms with van der Waals surface area (Å²) in [6.45, 7) is 3.52. The first kappa shape index (κ1) is 26.1. The molecule has 2 aromatic heterocycles. The van der Waals surface area contributed by atoms with E-state index in [0.29, 0.717) is 23.1 Å². The van der Waals surface area contributed by atoms with Gasteiger partial charge in [0, 0.05) is 23.3 Å². The van der Waals surface area contributed by atoms with E-state index < -0.39 is 23.2 Å². The number of nitrogens with zero attached hydrogens (tertiary/aromatic N) is 5. The Kier molecular flexibility index (Phi) is 7.16. The summed E-state index contributed by atoms with van der Waals surface area (Å²) in [5.74, 6) is -1.98. The molecule has 39 heavy (non-hydrogen) atoms. The van der Waals surface area contributed by atoms with E-state index in [1.807, 2.05) is 6.92 Å². The van der Waals surface area contributed by atoms with E-state index in [0.717, 1.165) is 17.2 Å². The summed E-state index contributed by atoms with van der Waals surface area (Å²) in [7, 11) is 0. The van der Waals surface area contributed by atoms with Crippen molar-refractivity contribution in [1.29, 1.82) is 0 Å². The monoisotopic (exact) mass is 535 g/mol. The summed E-state index contributed by atoms with van der Waals surface area (Å²) < 4.78 is 54.6. The molecule has 0 spiro atoms. The van der Waals surface area contributed by atoms with Gasteiger partial charge in [0.25, 0.3) is 0 Å². The Bertz CT molecular complexity index is 1570. The van der Waals surface area contributed by atoms with E-state index >= 15 is 0 Å². The largest absolute Gasteiger partial charge is 0.489 e. The zero-order valence-electron chi connectivity index (χ0n) is 21.1. The predicted molar refractivity (Wildman–Crippen MR) is 134 cm³/mol. The van der Waals surface area contributed by atoms with Gasteiger partial charge < -0.3 is 14.4 Å². The molecule has 5 aromatic rings. The van der Waals surface area contributed by atoms with Gasteiger partial charge in [0.1, 0.15) is 53.2 Å². The van der Waals surface area contributed by atoms with Crippen molar-refractivity contribution < 1.29 is 27.5 Å². The van der Waals surface area contributed by atoms with Crippen LogP contribution in [-0.2, 0) is 18.8 Å². The Morgan fingerprint density at radius 2 is 1.74 bits per heavy atom. The van der Waals surface area contributed by atoms with Gasteiger partial charge in [-0.1, -0.05) is 24.2 Å². The second-order valence-electron chi connectivity index (χ2n) is 9.28. The number of aryl methyl sites for hydroxylation is 1. The van der Waals surface area contributed by atoms with Gasteiger partial charge in [-0.3, -0.25) is 0 Å². The molecular formula is C28H24F3N5O3. The van der Waals surface area contributed by atoms with Crippen LogP contribution >= 0.6 is 0 Å². The fraction of sp³-hybridized carbons (Fsp3) is 0.214. The zero-order chi connectivity index (χ0) is 27.6. The molecule has 0 radical (unpaired) electrons. The maximum atomic E-state index is 14.8. The van der Waals surface area contributed by atoms with Crippen molar-refractivity contribution in [2.45, 2.75) is 38.5 Å². The standard InChI is InChI=1S/C28H24F3N5O3/c1-17-3-6-21(29)11-20(17)14-38-23-8-4-19(5-9-23)26-13-27(39-33-26)18(2)28(37,15-36-16-32-34-35-36)24-10-7-22(30)12-25(24)31/h3-13,16,18,37H,14-15H2,1-2H3/t18-,28+/m0/s1. The first-order valence-corrected chi connectivity index (χ1v) is 12.1. The van der Waals surface area contributed by atoms with Crippen molar-refractivity contribution in [3.05, 3.63) is 113 Å². The first-order valence-electron chi connectivity index (χ1n) is 12.1. The van der Waals surface area contributed by atoms with Gasteiger partial charge in [-0.05, 0) is 70.9 Å². The minimum absolute atomic E-state index is 0.139. The van der Waals surface area contributed by atoms with Crippen molar-refractivity contribution in [2.75, 3.05) is 0 Å². The Hall–Kier alpha value is -4.51. The molecule has 11 heteroatoms. The van der Waals surface area contributed by atoms with Crippen LogP contribution in [0, 0.1) is 24.4 Å². The van der Waals surface area contributed by atoms with E-state index in [4.69, 9.17) is 9.26 Å². The number of hydrogen-bond acceptors (Lipinski definition) is 7. The Balaban J connectivity index is 1.36. The van der Waals surface area contributed by atoms with Crippen molar-refractivity contribution in [2.24, 2.45) is 0 Å².